The van der Waals surface area contributed by atoms with Crippen molar-refractivity contribution in [2.75, 3.05) is 19.8 Å². The molecule has 6 unspecified atom stereocenters. The number of nitrogens with zero attached hydrogens (tertiary/aromatic N) is 5. The Morgan fingerprint density at radius 3 is 1.52 bits per heavy atom. The Morgan fingerprint density at radius 1 is 0.682 bits per heavy atom. The Balaban J connectivity index is -0.000000395. The van der Waals surface area contributed by atoms with Gasteiger partial charge in [-0.1, -0.05) is 95.8 Å². The van der Waals surface area contributed by atoms with Gasteiger partial charge in [-0.05, 0) is 71.9 Å². The zero-order valence-electron chi connectivity index (χ0n) is 40.4. The van der Waals surface area contributed by atoms with Crippen molar-refractivity contribution in [2.45, 2.75) is 162 Å². The molecule has 0 saturated carbocycles. The Kier molecular flexibility index (Phi) is 48.9. The fourth-order valence-electron chi connectivity index (χ4n) is 5.01. The summed E-state index contributed by atoms with van der Waals surface area (Å²) in [5.41, 5.74) is 15.8. The van der Waals surface area contributed by atoms with Gasteiger partial charge in [-0.2, -0.15) is 5.10 Å². The van der Waals surface area contributed by atoms with E-state index >= 15 is 0 Å². The van der Waals surface area contributed by atoms with Crippen LogP contribution in [0.1, 0.15) is 97.8 Å². The van der Waals surface area contributed by atoms with E-state index in [-0.39, 0.29) is 44.1 Å². The quantitative estimate of drug-likeness (QED) is 0.0179. The van der Waals surface area contributed by atoms with Crippen molar-refractivity contribution in [2.24, 2.45) is 32.0 Å². The predicted molar refractivity (Wildman–Crippen MR) is 275 cm³/mol. The number of allylic oxidation sites excluding steroid dienone is 3. The number of hydrogen-bond donors (Lipinski definition) is 16. The topological polar surface area (TPSA) is 371 Å². The molecule has 0 aliphatic carbocycles. The Morgan fingerprint density at radius 2 is 1.15 bits per heavy atom. The van der Waals surface area contributed by atoms with Gasteiger partial charge in [0.2, 0.25) is 0 Å². The first-order chi connectivity index (χ1) is 30.8. The summed E-state index contributed by atoms with van der Waals surface area (Å²) in [6.07, 6.45) is 24.6. The van der Waals surface area contributed by atoms with Crippen molar-refractivity contribution in [3.8, 4) is 0 Å². The van der Waals surface area contributed by atoms with Crippen LogP contribution in [0.5, 0.6) is 0 Å². The number of aliphatic hydroxyl groups excluding tert-OH is 6. The van der Waals surface area contributed by atoms with Gasteiger partial charge >= 0.3 is 28.2 Å². The van der Waals surface area contributed by atoms with Crippen molar-refractivity contribution >= 4 is 58.5 Å². The maximum Gasteiger partial charge on any atom is 0.431 e. The molecule has 6 atom stereocenters. The summed E-state index contributed by atoms with van der Waals surface area (Å²) < 4.78 is 1.43. The number of rotatable bonds is 27. The van der Waals surface area contributed by atoms with Crippen LogP contribution in [0.2, 0.25) is 27.3 Å². The van der Waals surface area contributed by atoms with Gasteiger partial charge < -0.3 is 83.7 Å². The van der Waals surface area contributed by atoms with Gasteiger partial charge in [0, 0.05) is 12.4 Å². The molecular formula is C40H86B4ClN11O10. The summed E-state index contributed by atoms with van der Waals surface area (Å²) in [5.74, 6) is 0.292. The first kappa shape index (κ1) is 69.1. The minimum Gasteiger partial charge on any atom is -0.433 e. The molecule has 380 valence electrons. The van der Waals surface area contributed by atoms with Crippen LogP contribution in [0, 0.1) is 0 Å². The predicted octanol–water partition coefficient (Wildman–Crippen LogP) is -0.159. The van der Waals surface area contributed by atoms with Gasteiger partial charge in [0.1, 0.15) is 6.04 Å². The van der Waals surface area contributed by atoms with Crippen LogP contribution in [-0.4, -0.2) is 163 Å². The third kappa shape index (κ3) is 43.1. The minimum atomic E-state index is -0.977. The third-order valence-electron chi connectivity index (χ3n) is 8.43. The van der Waals surface area contributed by atoms with E-state index in [1.54, 1.807) is 43.5 Å². The van der Waals surface area contributed by atoms with Crippen molar-refractivity contribution in [1.82, 2.24) is 25.6 Å². The molecule has 0 radical (unpaired) electrons. The van der Waals surface area contributed by atoms with E-state index in [1.165, 1.54) is 50.8 Å². The number of aliphatic imine (C=N–C) groups is 1. The first-order valence-electron chi connectivity index (χ1n) is 22.7. The number of aromatic nitrogens is 2. The molecular weight excluding hydrogens is 873 g/mol. The lowest BCUT2D eigenvalue weighted by atomic mass is 9.88. The molecule has 21 nitrogen and oxygen atoms in total. The third-order valence-corrected chi connectivity index (χ3v) is 8.43. The average molecular weight is 960 g/mol. The highest BCUT2D eigenvalue weighted by atomic mass is 35.5. The van der Waals surface area contributed by atoms with Gasteiger partial charge in [-0.25, -0.2) is 9.67 Å². The monoisotopic (exact) mass is 960 g/mol. The van der Waals surface area contributed by atoms with Gasteiger partial charge in [0.15, 0.2) is 17.9 Å². The van der Waals surface area contributed by atoms with Gasteiger partial charge in [-0.3, -0.25) is 9.81 Å². The summed E-state index contributed by atoms with van der Waals surface area (Å²) in [4.78, 5) is 11.4. The Bertz CT molecular complexity index is 1420. The van der Waals surface area contributed by atoms with Crippen LogP contribution in [0.15, 0.2) is 69.7 Å². The van der Waals surface area contributed by atoms with Crippen LogP contribution in [-0.2, 0) is 0 Å². The van der Waals surface area contributed by atoms with E-state index in [0.717, 1.165) is 51.4 Å². The molecule has 0 amide bonds. The number of guanidine groups is 2. The van der Waals surface area contributed by atoms with E-state index in [4.69, 9.17) is 37.5 Å². The molecule has 1 rings (SSSR count). The lowest BCUT2D eigenvalue weighted by Gasteiger charge is -2.23. The fourth-order valence-corrected chi connectivity index (χ4v) is 5.01. The maximum atomic E-state index is 10.1. The van der Waals surface area contributed by atoms with Crippen molar-refractivity contribution < 1.29 is 50.7 Å². The number of aliphatic hydroxyl groups is 6. The van der Waals surface area contributed by atoms with Crippen molar-refractivity contribution in [1.29, 1.82) is 0 Å². The smallest absolute Gasteiger partial charge is 0.431 e. The standard InChI is InChI=1S/C13H29B2N3O4.C11H23N3O2.C10H21NO2.C6H12B2N4O2.ClH/c1-4-5-6-7-8-9-12(20)11(10-19)16-13(17-14(2)21)18-15(3)22;1-2-3-4-5-6-7-10(16)9(8-15)14-11(12)13;1-2-3-4-5-6-7-10(13)9(11)8-12;1-7(13)10-6(11-8(2)14)12-5-3-4-9-12;/h8-9,11-12,19-22H,4-7,10H2,1-3H3,(H2,16,17,18);6-7,9-10,15-16H,2-5,8H2,1H3,(H4,12,13,14);6-7,9-10,12-13H,2-5,8,11H2,1H3;3-5,13-14H,1-2H3,(H,10,11);1H/b9-8+;2*7-6+;;. The van der Waals surface area contributed by atoms with E-state index < -0.39 is 64.6 Å². The molecule has 19 N–H and O–H groups in total. The molecule has 0 saturated heterocycles. The maximum absolute atomic E-state index is 10.1. The van der Waals surface area contributed by atoms with E-state index in [9.17, 15) is 30.5 Å². The summed E-state index contributed by atoms with van der Waals surface area (Å²) in [5, 5.41) is 105. The van der Waals surface area contributed by atoms with Gasteiger partial charge in [0.25, 0.3) is 0 Å². The zero-order chi connectivity index (χ0) is 50.0. The van der Waals surface area contributed by atoms with Gasteiger partial charge in [-0.15, -0.1) is 12.4 Å². The van der Waals surface area contributed by atoms with Gasteiger partial charge in [0.05, 0.1) is 50.2 Å². The largest absolute Gasteiger partial charge is 0.433 e. The summed E-state index contributed by atoms with van der Waals surface area (Å²) in [6, 6.07) is -0.192. The number of nitrogens with one attached hydrogen (secondary N) is 3. The second-order valence-electron chi connectivity index (χ2n) is 15.1. The molecule has 1 aromatic heterocycles. The van der Waals surface area contributed by atoms with Crippen LogP contribution >= 0.6 is 12.4 Å². The molecule has 0 spiro atoms. The minimum absolute atomic E-state index is 0. The van der Waals surface area contributed by atoms with Crippen molar-refractivity contribution in [3.63, 3.8) is 0 Å². The van der Waals surface area contributed by atoms with Crippen LogP contribution in [0.25, 0.3) is 0 Å². The molecule has 66 heavy (non-hydrogen) atoms. The number of hydrogen-bond acceptors (Lipinski definition) is 15. The number of halogens is 1. The molecule has 0 aliphatic rings. The molecule has 0 fully saturated rings. The second-order valence-corrected chi connectivity index (χ2v) is 15.1. The Hall–Kier alpha value is -3.45. The van der Waals surface area contributed by atoms with Crippen LogP contribution < -0.4 is 33.0 Å². The summed E-state index contributed by atoms with van der Waals surface area (Å²) in [7, 11) is -3.46. The molecule has 26 heteroatoms. The van der Waals surface area contributed by atoms with Crippen LogP contribution in [0.3, 0.4) is 0 Å². The molecule has 0 bridgehead atoms. The molecule has 0 aliphatic heterocycles. The van der Waals surface area contributed by atoms with E-state index in [2.05, 4.69) is 56.4 Å². The number of unbranched alkanes of at least 4 members (excludes halogenated alkanes) is 9. The lowest BCUT2D eigenvalue weighted by molar-refractivity contribution is 0.133. The van der Waals surface area contributed by atoms with Crippen molar-refractivity contribution in [3.05, 3.63) is 54.9 Å². The van der Waals surface area contributed by atoms with E-state index in [0.29, 0.717) is 5.96 Å². The highest BCUT2D eigenvalue weighted by Crippen LogP contribution is 2.05. The first-order valence-corrected chi connectivity index (χ1v) is 22.7. The lowest BCUT2D eigenvalue weighted by Crippen LogP contribution is -2.53. The Labute approximate surface area is 401 Å². The fraction of sp³-hybridized carbons (Fsp3) is 0.700. The zero-order valence-corrected chi connectivity index (χ0v) is 41.2. The highest BCUT2D eigenvalue weighted by Gasteiger charge is 2.20. The molecule has 1 aromatic rings. The molecule has 1 heterocycles. The van der Waals surface area contributed by atoms with E-state index in [1.807, 2.05) is 18.2 Å². The summed E-state index contributed by atoms with van der Waals surface area (Å²) in [6.45, 7) is 11.7. The normalized spacial score (nSPS) is 14.2. The summed E-state index contributed by atoms with van der Waals surface area (Å²) >= 11 is 0. The number of nitrogens with two attached hydrogens (primary N) is 3. The van der Waals surface area contributed by atoms with Crippen LogP contribution in [0.4, 0.5) is 0 Å². The highest BCUT2D eigenvalue weighted by molar-refractivity contribution is 6.53. The molecule has 0 aromatic carbocycles. The second kappa shape index (κ2) is 46.7. The average Bonchev–Trinajstić information content (AvgIpc) is 3.79. The SMILES string of the molecule is CB(O)N=C(NB(C)O)n1cccn1.CCCCC/C=C/C(O)C(CO)N=C(N)N.CCCCC/C=C/C(O)C(CO)NC(=NB(C)O)NB(C)O.CCCCC/C=C/C(O)C(N)CO.Cl.